The lowest BCUT2D eigenvalue weighted by atomic mass is 10.2. The van der Waals surface area contributed by atoms with Crippen molar-refractivity contribution in [2.75, 3.05) is 37.4 Å². The summed E-state index contributed by atoms with van der Waals surface area (Å²) < 4.78 is 35.0. The highest BCUT2D eigenvalue weighted by molar-refractivity contribution is 7.99. The maximum Gasteiger partial charge on any atom is 0.243 e. The van der Waals surface area contributed by atoms with Gasteiger partial charge in [0.2, 0.25) is 15.9 Å². The van der Waals surface area contributed by atoms with E-state index in [1.165, 1.54) is 16.1 Å². The lowest BCUT2D eigenvalue weighted by Crippen LogP contribution is -2.40. The van der Waals surface area contributed by atoms with Crippen LogP contribution in [-0.2, 0) is 19.6 Å². The quantitative estimate of drug-likeness (QED) is 0.408. The van der Waals surface area contributed by atoms with E-state index in [-0.39, 0.29) is 22.6 Å². The summed E-state index contributed by atoms with van der Waals surface area (Å²) in [6.45, 7) is 5.46. The molecule has 4 rings (SSSR count). The summed E-state index contributed by atoms with van der Waals surface area (Å²) in [4.78, 5) is 12.7. The van der Waals surface area contributed by atoms with Gasteiger partial charge in [-0.15, -0.1) is 10.2 Å². The molecule has 2 heterocycles. The fourth-order valence-electron chi connectivity index (χ4n) is 3.84. The fraction of sp³-hybridized carbons (Fsp3) is 0.360. The van der Waals surface area contributed by atoms with Crippen LogP contribution in [0.2, 0.25) is 0 Å². The van der Waals surface area contributed by atoms with Crippen LogP contribution in [0, 0.1) is 11.3 Å². The number of benzene rings is 2. The number of thioether (sulfide) groups is 1. The largest absolute Gasteiger partial charge is 0.379 e. The normalized spacial score (nSPS) is 15.2. The zero-order valence-corrected chi connectivity index (χ0v) is 22.3. The van der Waals surface area contributed by atoms with Gasteiger partial charge in [-0.2, -0.15) is 9.57 Å². The summed E-state index contributed by atoms with van der Waals surface area (Å²) in [5, 5.41) is 21.0. The lowest BCUT2D eigenvalue weighted by Gasteiger charge is -2.26. The van der Waals surface area contributed by atoms with Gasteiger partial charge in [-0.3, -0.25) is 9.36 Å². The van der Waals surface area contributed by atoms with E-state index >= 15 is 0 Å². The Balaban J connectivity index is 1.54. The molecular formula is C25H28N6O4S2. The van der Waals surface area contributed by atoms with Crippen LogP contribution in [0.15, 0.2) is 58.6 Å². The highest BCUT2D eigenvalue weighted by atomic mass is 32.2. The van der Waals surface area contributed by atoms with E-state index in [2.05, 4.69) is 15.5 Å². The van der Waals surface area contributed by atoms with E-state index in [0.717, 1.165) is 6.42 Å². The number of nitriles is 1. The molecule has 0 saturated carbocycles. The first-order valence-electron chi connectivity index (χ1n) is 11.9. The Morgan fingerprint density at radius 2 is 1.92 bits per heavy atom. The second kappa shape index (κ2) is 11.9. The number of rotatable bonds is 9. The molecule has 2 aromatic carbocycles. The molecule has 1 saturated heterocycles. The monoisotopic (exact) mass is 540 g/mol. The van der Waals surface area contributed by atoms with Crippen LogP contribution < -0.4 is 5.32 Å². The van der Waals surface area contributed by atoms with Crippen molar-refractivity contribution in [3.63, 3.8) is 0 Å². The molecule has 194 valence electrons. The number of morpholine rings is 1. The molecule has 1 atom stereocenters. The second-order valence-electron chi connectivity index (χ2n) is 8.50. The SMILES string of the molecule is CC[C@H](C)n1c(SCC(=O)Nc2ccc(C#N)cc2)nnc1-c1cccc(S(=O)(=O)N2CCOCC2)c1. The Labute approximate surface area is 220 Å². The average Bonchev–Trinajstić information content (AvgIpc) is 3.36. The van der Waals surface area contributed by atoms with Crippen LogP contribution >= 0.6 is 11.8 Å². The van der Waals surface area contributed by atoms with Gasteiger partial charge in [-0.05, 0) is 49.7 Å². The molecule has 0 bridgehead atoms. The first kappa shape index (κ1) is 26.8. The van der Waals surface area contributed by atoms with Crippen LogP contribution in [0.25, 0.3) is 11.4 Å². The van der Waals surface area contributed by atoms with Crippen LogP contribution in [0.3, 0.4) is 0 Å². The predicted octanol–water partition coefficient (Wildman–Crippen LogP) is 3.54. The van der Waals surface area contributed by atoms with Crippen molar-refractivity contribution < 1.29 is 17.9 Å². The number of nitrogens with zero attached hydrogens (tertiary/aromatic N) is 5. The van der Waals surface area contributed by atoms with Crippen LogP contribution in [0.4, 0.5) is 5.69 Å². The van der Waals surface area contributed by atoms with Crippen molar-refractivity contribution >= 4 is 33.4 Å². The minimum Gasteiger partial charge on any atom is -0.379 e. The Kier molecular flexibility index (Phi) is 8.60. The number of ether oxygens (including phenoxy) is 1. The van der Waals surface area contributed by atoms with E-state index in [9.17, 15) is 13.2 Å². The smallest absolute Gasteiger partial charge is 0.243 e. The molecule has 3 aromatic rings. The molecule has 12 heteroatoms. The van der Waals surface area contributed by atoms with Crippen molar-refractivity contribution in [2.24, 2.45) is 0 Å². The zero-order chi connectivity index (χ0) is 26.4. The van der Waals surface area contributed by atoms with Gasteiger partial charge in [0, 0.05) is 30.4 Å². The van der Waals surface area contributed by atoms with Crippen molar-refractivity contribution in [3.8, 4) is 17.5 Å². The van der Waals surface area contributed by atoms with E-state index in [1.807, 2.05) is 30.6 Å². The van der Waals surface area contributed by atoms with Gasteiger partial charge in [0.05, 0.1) is 35.5 Å². The van der Waals surface area contributed by atoms with Gasteiger partial charge in [0.15, 0.2) is 11.0 Å². The van der Waals surface area contributed by atoms with Gasteiger partial charge in [0.25, 0.3) is 0 Å². The second-order valence-corrected chi connectivity index (χ2v) is 11.4. The van der Waals surface area contributed by atoms with Crippen molar-refractivity contribution in [3.05, 3.63) is 54.1 Å². The molecule has 1 fully saturated rings. The van der Waals surface area contributed by atoms with Crippen LogP contribution in [0.1, 0.15) is 31.9 Å². The van der Waals surface area contributed by atoms with Crippen molar-refractivity contribution in [1.82, 2.24) is 19.1 Å². The summed E-state index contributed by atoms with van der Waals surface area (Å²) in [7, 11) is -3.66. The molecule has 1 N–H and O–H groups in total. The number of nitrogens with one attached hydrogen (secondary N) is 1. The van der Waals surface area contributed by atoms with E-state index in [4.69, 9.17) is 10.00 Å². The molecule has 0 spiro atoms. The van der Waals surface area contributed by atoms with Crippen LogP contribution in [0.5, 0.6) is 0 Å². The van der Waals surface area contributed by atoms with Gasteiger partial charge >= 0.3 is 0 Å². The van der Waals surface area contributed by atoms with Crippen molar-refractivity contribution in [1.29, 1.82) is 5.26 Å². The third-order valence-electron chi connectivity index (χ3n) is 6.03. The van der Waals surface area contributed by atoms with Gasteiger partial charge in [-0.1, -0.05) is 30.8 Å². The Hall–Kier alpha value is -3.24. The molecule has 1 aromatic heterocycles. The maximum atomic E-state index is 13.2. The number of carbonyl (C=O) groups is 1. The molecule has 0 unspecified atom stereocenters. The zero-order valence-electron chi connectivity index (χ0n) is 20.6. The first-order chi connectivity index (χ1) is 17.8. The number of anilines is 1. The molecule has 1 aliphatic heterocycles. The summed E-state index contributed by atoms with van der Waals surface area (Å²) in [6, 6.07) is 15.4. The summed E-state index contributed by atoms with van der Waals surface area (Å²) in [5.74, 6) is 0.442. The maximum absolute atomic E-state index is 13.2. The Morgan fingerprint density at radius 1 is 1.19 bits per heavy atom. The summed E-state index contributed by atoms with van der Waals surface area (Å²) >= 11 is 1.26. The van der Waals surface area contributed by atoms with Crippen molar-refractivity contribution in [2.45, 2.75) is 36.4 Å². The minimum absolute atomic E-state index is 0.0218. The van der Waals surface area contributed by atoms with E-state index in [1.54, 1.807) is 42.5 Å². The number of carbonyl (C=O) groups excluding carboxylic acids is 1. The third-order valence-corrected chi connectivity index (χ3v) is 8.86. The van der Waals surface area contributed by atoms with Gasteiger partial charge < -0.3 is 10.1 Å². The topological polar surface area (TPSA) is 130 Å². The Bertz CT molecular complexity index is 1390. The number of sulfonamides is 1. The lowest BCUT2D eigenvalue weighted by molar-refractivity contribution is -0.113. The molecule has 10 nitrogen and oxygen atoms in total. The molecule has 1 amide bonds. The number of aromatic nitrogens is 3. The fourth-order valence-corrected chi connectivity index (χ4v) is 6.13. The van der Waals surface area contributed by atoms with Gasteiger partial charge in [0.1, 0.15) is 0 Å². The Morgan fingerprint density at radius 3 is 2.59 bits per heavy atom. The predicted molar refractivity (Wildman–Crippen MR) is 141 cm³/mol. The molecule has 0 radical (unpaired) electrons. The number of hydrogen-bond acceptors (Lipinski definition) is 8. The highest BCUT2D eigenvalue weighted by Gasteiger charge is 2.27. The highest BCUT2D eigenvalue weighted by Crippen LogP contribution is 2.31. The van der Waals surface area contributed by atoms with E-state index < -0.39 is 10.0 Å². The number of hydrogen-bond donors (Lipinski definition) is 1. The standard InChI is InChI=1S/C25H28N6O4S2/c1-3-18(2)31-24(20-5-4-6-22(15-20)37(33,34)30-11-13-35-14-12-30)28-29-25(31)36-17-23(32)27-21-9-7-19(16-26)8-10-21/h4-10,15,18H,3,11-14,17H2,1-2H3,(H,27,32)/t18-/m0/s1. The molecule has 37 heavy (non-hydrogen) atoms. The minimum atomic E-state index is -3.66. The van der Waals surface area contributed by atoms with E-state index in [0.29, 0.717) is 54.1 Å². The molecule has 0 aliphatic carbocycles. The summed E-state index contributed by atoms with van der Waals surface area (Å²) in [6.07, 6.45) is 0.793. The van der Waals surface area contributed by atoms with Crippen LogP contribution in [-0.4, -0.2) is 65.5 Å². The summed E-state index contributed by atoms with van der Waals surface area (Å²) in [5.41, 5.74) is 1.76. The number of amides is 1. The van der Waals surface area contributed by atoms with Gasteiger partial charge in [-0.25, -0.2) is 8.42 Å². The third kappa shape index (κ3) is 6.19. The molecule has 1 aliphatic rings. The molecular weight excluding hydrogens is 512 g/mol. The first-order valence-corrected chi connectivity index (χ1v) is 14.3. The average molecular weight is 541 g/mol.